The van der Waals surface area contributed by atoms with Crippen molar-refractivity contribution in [1.29, 1.82) is 0 Å². The minimum absolute atomic E-state index is 0.115. The molecule has 0 bridgehead atoms. The molecular weight excluding hydrogens is 473 g/mol. The molecule has 1 fully saturated rings. The lowest BCUT2D eigenvalue weighted by Crippen LogP contribution is -2.62. The Balaban J connectivity index is 1.54. The van der Waals surface area contributed by atoms with Crippen LogP contribution in [0.4, 0.5) is 4.39 Å². The number of carbonyl (C=O) groups is 2. The molecule has 0 aliphatic carbocycles. The molecule has 1 saturated heterocycles. The van der Waals surface area contributed by atoms with Gasteiger partial charge in [0.25, 0.3) is 0 Å². The van der Waals surface area contributed by atoms with Crippen molar-refractivity contribution in [2.75, 3.05) is 13.1 Å². The molecule has 1 aliphatic heterocycles. The number of carboxylic acid groups (broad SMARTS) is 1. The average molecular weight is 498 g/mol. The van der Waals surface area contributed by atoms with Gasteiger partial charge in [0.05, 0.1) is 18.0 Å². The molecule has 182 valence electrons. The first-order chi connectivity index (χ1) is 16.7. The van der Waals surface area contributed by atoms with Crippen molar-refractivity contribution in [2.24, 2.45) is 11.5 Å². The zero-order valence-electron chi connectivity index (χ0n) is 18.6. The molecule has 0 aromatic heterocycles. The molecule has 5 N–H and O–H groups in total. The summed E-state index contributed by atoms with van der Waals surface area (Å²) >= 11 is 0. The maximum Gasteiger partial charge on any atom is 0.320 e. The molecule has 35 heavy (non-hydrogen) atoms. The number of hydrogen-bond acceptors (Lipinski definition) is 5. The lowest BCUT2D eigenvalue weighted by atomic mass is 9.87. The van der Waals surface area contributed by atoms with Gasteiger partial charge in [0.15, 0.2) is 5.60 Å². The summed E-state index contributed by atoms with van der Waals surface area (Å²) in [5.41, 5.74) is 11.8. The second-order valence-corrected chi connectivity index (χ2v) is 9.82. The minimum Gasteiger partial charge on any atom is -0.480 e. The molecular formula is C25H24FN3O5S. The van der Waals surface area contributed by atoms with Crippen LogP contribution in [0, 0.1) is 5.82 Å². The Hall–Kier alpha value is -3.60. The van der Waals surface area contributed by atoms with Crippen molar-refractivity contribution >= 4 is 22.9 Å². The van der Waals surface area contributed by atoms with Crippen molar-refractivity contribution < 1.29 is 28.0 Å². The number of carbonyl (C=O) groups excluding carboxylic acids is 1. The highest BCUT2D eigenvalue weighted by Crippen LogP contribution is 2.39. The van der Waals surface area contributed by atoms with E-state index in [1.165, 1.54) is 12.1 Å². The molecule has 4 rings (SSSR count). The van der Waals surface area contributed by atoms with Crippen molar-refractivity contribution in [2.45, 2.75) is 23.0 Å². The van der Waals surface area contributed by atoms with Crippen molar-refractivity contribution in [1.82, 2.24) is 4.31 Å². The highest BCUT2D eigenvalue weighted by atomic mass is 32.2. The lowest BCUT2D eigenvalue weighted by molar-refractivity contribution is -0.138. The largest absolute Gasteiger partial charge is 0.480 e. The number of benzene rings is 3. The zero-order valence-corrected chi connectivity index (χ0v) is 19.4. The maximum absolute atomic E-state index is 13.6. The van der Waals surface area contributed by atoms with Gasteiger partial charge in [-0.05, 0) is 66.1 Å². The average Bonchev–Trinajstić information content (AvgIpc) is 2.81. The van der Waals surface area contributed by atoms with E-state index in [1.807, 2.05) is 0 Å². The first kappa shape index (κ1) is 24.5. The molecule has 0 spiro atoms. The number of hydrogen-bond donors (Lipinski definition) is 3. The predicted molar refractivity (Wildman–Crippen MR) is 127 cm³/mol. The van der Waals surface area contributed by atoms with E-state index in [-0.39, 0.29) is 25.3 Å². The van der Waals surface area contributed by atoms with E-state index in [0.29, 0.717) is 27.3 Å². The molecule has 0 saturated carbocycles. The molecule has 1 heterocycles. The minimum atomic E-state index is -1.54. The number of rotatable bonds is 9. The van der Waals surface area contributed by atoms with E-state index >= 15 is 0 Å². The Kier molecular flexibility index (Phi) is 6.97. The summed E-state index contributed by atoms with van der Waals surface area (Å²) in [6.07, 6.45) is 0.115. The maximum atomic E-state index is 13.6. The van der Waals surface area contributed by atoms with Gasteiger partial charge in [-0.2, -0.15) is 0 Å². The summed E-state index contributed by atoms with van der Waals surface area (Å²) in [6, 6.07) is 18.1. The quantitative estimate of drug-likeness (QED) is 0.415. The van der Waals surface area contributed by atoms with Gasteiger partial charge in [0, 0.05) is 5.56 Å². The smallest absolute Gasteiger partial charge is 0.320 e. The number of amides is 1. The summed E-state index contributed by atoms with van der Waals surface area (Å²) in [4.78, 5) is 22.9. The number of halogens is 1. The second-order valence-electron chi connectivity index (χ2n) is 8.34. The fourth-order valence-electron chi connectivity index (χ4n) is 3.88. The molecule has 2 atom stereocenters. The number of aliphatic carboxylic acids is 1. The van der Waals surface area contributed by atoms with Crippen LogP contribution < -0.4 is 16.2 Å². The van der Waals surface area contributed by atoms with Gasteiger partial charge in [0.1, 0.15) is 28.6 Å². The molecule has 8 nitrogen and oxygen atoms in total. The van der Waals surface area contributed by atoms with Crippen molar-refractivity contribution in [3.05, 3.63) is 95.3 Å². The van der Waals surface area contributed by atoms with E-state index in [4.69, 9.17) is 21.3 Å². The van der Waals surface area contributed by atoms with E-state index in [9.17, 15) is 18.2 Å². The third-order valence-corrected chi connectivity index (χ3v) is 7.18. The van der Waals surface area contributed by atoms with Crippen LogP contribution in [-0.2, 0) is 27.8 Å². The standard InChI is InChI=1S/C25H24FN3O5S/c26-19-8-6-18(7-9-19)25(34-20-10-4-17(5-11-20)23(28)30)14-29(15-25)35(33)21-3-1-2-16(12-21)13-22(27)24(31)32/h1-12,22H,13-15,27H2,(H2,28,30)(H,31,32)/t22-,35?/m0/s1. The first-order valence-corrected chi connectivity index (χ1v) is 11.9. The highest BCUT2D eigenvalue weighted by Gasteiger charge is 2.49. The lowest BCUT2D eigenvalue weighted by Gasteiger charge is -2.48. The van der Waals surface area contributed by atoms with E-state index in [0.717, 1.165) is 0 Å². The van der Waals surface area contributed by atoms with Crippen LogP contribution >= 0.6 is 0 Å². The Morgan fingerprint density at radius 1 is 1.09 bits per heavy atom. The fraction of sp³-hybridized carbons (Fsp3) is 0.200. The van der Waals surface area contributed by atoms with Crippen LogP contribution in [-0.4, -0.2) is 44.6 Å². The molecule has 1 aliphatic rings. The van der Waals surface area contributed by atoms with E-state index < -0.39 is 34.5 Å². The molecule has 0 radical (unpaired) electrons. The molecule has 1 amide bonds. The SMILES string of the molecule is NC(=O)c1ccc(OC2(c3ccc(F)cc3)CN(S(=O)c3cccc(C[C@H](N)C(=O)O)c3)C2)cc1. The van der Waals surface area contributed by atoms with Crippen molar-refractivity contribution in [3.8, 4) is 5.75 Å². The van der Waals surface area contributed by atoms with Gasteiger partial charge < -0.3 is 21.3 Å². The first-order valence-electron chi connectivity index (χ1n) is 10.8. The normalized spacial score (nSPS) is 16.6. The zero-order chi connectivity index (χ0) is 25.2. The fourth-order valence-corrected chi connectivity index (χ4v) is 5.28. The molecule has 3 aromatic carbocycles. The van der Waals surface area contributed by atoms with Crippen LogP contribution in [0.25, 0.3) is 0 Å². The number of nitrogens with zero attached hydrogens (tertiary/aromatic N) is 1. The monoisotopic (exact) mass is 497 g/mol. The topological polar surface area (TPSA) is 136 Å². The van der Waals surface area contributed by atoms with Crippen LogP contribution in [0.3, 0.4) is 0 Å². The predicted octanol–water partition coefficient (Wildman–Crippen LogP) is 2.19. The second kappa shape index (κ2) is 9.95. The van der Waals surface area contributed by atoms with Gasteiger partial charge in [0.2, 0.25) is 5.91 Å². The third-order valence-electron chi connectivity index (χ3n) is 5.79. The van der Waals surface area contributed by atoms with Crippen molar-refractivity contribution in [3.63, 3.8) is 0 Å². The number of carboxylic acids is 1. The summed E-state index contributed by atoms with van der Waals surface area (Å²) in [7, 11) is -1.54. The van der Waals surface area contributed by atoms with Gasteiger partial charge in [-0.3, -0.25) is 9.59 Å². The third kappa shape index (κ3) is 5.40. The van der Waals surface area contributed by atoms with Gasteiger partial charge in [-0.1, -0.05) is 24.3 Å². The Morgan fingerprint density at radius 3 is 2.34 bits per heavy atom. The highest BCUT2D eigenvalue weighted by molar-refractivity contribution is 7.82. The number of primary amides is 1. The van der Waals surface area contributed by atoms with E-state index in [2.05, 4.69) is 0 Å². The van der Waals surface area contributed by atoms with E-state index in [1.54, 1.807) is 65.0 Å². The summed E-state index contributed by atoms with van der Waals surface area (Å²) in [5, 5.41) is 9.05. The van der Waals surface area contributed by atoms with Crippen LogP contribution in [0.2, 0.25) is 0 Å². The van der Waals surface area contributed by atoms with Crippen LogP contribution in [0.5, 0.6) is 5.75 Å². The Morgan fingerprint density at radius 2 is 1.74 bits per heavy atom. The number of ether oxygens (including phenoxy) is 1. The molecule has 1 unspecified atom stereocenters. The summed E-state index contributed by atoms with van der Waals surface area (Å²) in [6.45, 7) is 0.503. The molecule has 10 heteroatoms. The summed E-state index contributed by atoms with van der Waals surface area (Å²) in [5.74, 6) is -1.56. The number of nitrogens with two attached hydrogens (primary N) is 2. The van der Waals surface area contributed by atoms with Crippen LogP contribution in [0.15, 0.2) is 77.7 Å². The summed E-state index contributed by atoms with van der Waals surface area (Å²) < 4.78 is 34.8. The molecule has 3 aromatic rings. The Bertz CT molecular complexity index is 1260. The van der Waals surface area contributed by atoms with Gasteiger partial charge in [-0.15, -0.1) is 0 Å². The van der Waals surface area contributed by atoms with Crippen LogP contribution in [0.1, 0.15) is 21.5 Å². The Labute approximate surface area is 203 Å². The van der Waals surface area contributed by atoms with Gasteiger partial charge >= 0.3 is 5.97 Å². The van der Waals surface area contributed by atoms with Gasteiger partial charge in [-0.25, -0.2) is 12.9 Å².